The van der Waals surface area contributed by atoms with Crippen molar-refractivity contribution in [2.45, 2.75) is 32.1 Å². The van der Waals surface area contributed by atoms with Crippen LogP contribution in [0.5, 0.6) is 0 Å². The Hall–Kier alpha value is -1.44. The van der Waals surface area contributed by atoms with Crippen molar-refractivity contribution in [3.63, 3.8) is 0 Å². The number of likely N-dealkylation sites (tertiary alicyclic amines) is 1. The zero-order valence-corrected chi connectivity index (χ0v) is 16.0. The number of halogens is 1. The highest BCUT2D eigenvalue weighted by molar-refractivity contribution is 7.23. The summed E-state index contributed by atoms with van der Waals surface area (Å²) < 4.78 is 0.726. The van der Waals surface area contributed by atoms with Crippen LogP contribution in [0.3, 0.4) is 0 Å². The van der Waals surface area contributed by atoms with Crippen LogP contribution in [0.2, 0.25) is 4.34 Å². The Kier molecular flexibility index (Phi) is 6.09. The smallest absolute Gasteiger partial charge is 0.303 e. The van der Waals surface area contributed by atoms with Crippen molar-refractivity contribution in [2.75, 3.05) is 13.1 Å². The van der Waals surface area contributed by atoms with E-state index in [0.29, 0.717) is 19.4 Å². The van der Waals surface area contributed by atoms with Crippen molar-refractivity contribution in [1.29, 1.82) is 0 Å². The highest BCUT2D eigenvalue weighted by Crippen LogP contribution is 2.33. The van der Waals surface area contributed by atoms with Crippen LogP contribution in [-0.4, -0.2) is 40.0 Å². The second kappa shape index (κ2) is 8.29. The van der Waals surface area contributed by atoms with E-state index < -0.39 is 5.97 Å². The number of thiazole rings is 1. The summed E-state index contributed by atoms with van der Waals surface area (Å²) in [7, 11) is 0. The van der Waals surface area contributed by atoms with E-state index in [-0.39, 0.29) is 18.2 Å². The summed E-state index contributed by atoms with van der Waals surface area (Å²) in [6.07, 6.45) is 3.04. The molecule has 134 valence electrons. The van der Waals surface area contributed by atoms with Gasteiger partial charge in [0.1, 0.15) is 5.01 Å². The van der Waals surface area contributed by atoms with E-state index >= 15 is 0 Å². The molecule has 1 atom stereocenters. The summed E-state index contributed by atoms with van der Waals surface area (Å²) in [5.74, 6) is -0.415. The Morgan fingerprint density at radius 3 is 2.96 bits per heavy atom. The first kappa shape index (κ1) is 18.4. The molecule has 5 nitrogen and oxygen atoms in total. The molecule has 2 aromatic heterocycles. The molecule has 1 aliphatic rings. The van der Waals surface area contributed by atoms with E-state index in [0.717, 1.165) is 39.3 Å². The van der Waals surface area contributed by atoms with Gasteiger partial charge in [0.05, 0.1) is 21.3 Å². The van der Waals surface area contributed by atoms with Gasteiger partial charge in [-0.15, -0.1) is 22.7 Å². The molecule has 2 aromatic rings. The van der Waals surface area contributed by atoms with Crippen LogP contribution in [-0.2, 0) is 16.0 Å². The first-order chi connectivity index (χ1) is 12.0. The molecule has 0 spiro atoms. The highest BCUT2D eigenvalue weighted by atomic mass is 35.5. The molecule has 1 saturated heterocycles. The lowest BCUT2D eigenvalue weighted by atomic mass is 9.93. The summed E-state index contributed by atoms with van der Waals surface area (Å²) >= 11 is 8.96. The van der Waals surface area contributed by atoms with Gasteiger partial charge in [-0.05, 0) is 37.3 Å². The van der Waals surface area contributed by atoms with Crippen LogP contribution in [0.25, 0.3) is 9.88 Å². The van der Waals surface area contributed by atoms with E-state index in [1.165, 1.54) is 22.7 Å². The summed E-state index contributed by atoms with van der Waals surface area (Å²) in [6, 6.07) is 3.79. The Bertz CT molecular complexity index is 759. The largest absolute Gasteiger partial charge is 0.481 e. The second-order valence-electron chi connectivity index (χ2n) is 6.20. The topological polar surface area (TPSA) is 70.5 Å². The Labute approximate surface area is 159 Å². The van der Waals surface area contributed by atoms with Gasteiger partial charge in [-0.2, -0.15) is 0 Å². The van der Waals surface area contributed by atoms with Crippen molar-refractivity contribution < 1.29 is 14.7 Å². The van der Waals surface area contributed by atoms with Crippen LogP contribution < -0.4 is 0 Å². The standard InChI is InChI=1S/C17H19ClN2O3S2/c18-14-5-4-13(25-14)17-19-12(10-24-17)8-15(21)20-7-1-2-11(9-20)3-6-16(22)23/h4-5,10-11H,1-3,6-9H2,(H,22,23). The fourth-order valence-corrected chi connectivity index (χ4v) is 4.99. The van der Waals surface area contributed by atoms with Gasteiger partial charge in [0.15, 0.2) is 0 Å². The number of carboxylic acid groups (broad SMARTS) is 1. The molecule has 8 heteroatoms. The maximum atomic E-state index is 12.6. The van der Waals surface area contributed by atoms with Crippen molar-refractivity contribution in [3.05, 3.63) is 27.5 Å². The monoisotopic (exact) mass is 398 g/mol. The zero-order chi connectivity index (χ0) is 17.8. The molecular weight excluding hydrogens is 380 g/mol. The van der Waals surface area contributed by atoms with Crippen molar-refractivity contribution in [2.24, 2.45) is 5.92 Å². The fraction of sp³-hybridized carbons (Fsp3) is 0.471. The molecule has 0 saturated carbocycles. The minimum Gasteiger partial charge on any atom is -0.481 e. The van der Waals surface area contributed by atoms with Gasteiger partial charge in [-0.25, -0.2) is 4.98 Å². The lowest BCUT2D eigenvalue weighted by Crippen LogP contribution is -2.40. The average Bonchev–Trinajstić information content (AvgIpc) is 3.22. The minimum atomic E-state index is -0.771. The maximum absolute atomic E-state index is 12.6. The molecule has 1 fully saturated rings. The number of piperidine rings is 1. The van der Waals surface area contributed by atoms with Crippen molar-refractivity contribution in [3.8, 4) is 9.88 Å². The zero-order valence-electron chi connectivity index (χ0n) is 13.6. The number of rotatable bonds is 6. The number of aromatic nitrogens is 1. The maximum Gasteiger partial charge on any atom is 0.303 e. The number of amides is 1. The fourth-order valence-electron chi connectivity index (χ4n) is 3.05. The van der Waals surface area contributed by atoms with E-state index in [4.69, 9.17) is 16.7 Å². The number of hydrogen-bond acceptors (Lipinski definition) is 5. The number of hydrogen-bond donors (Lipinski definition) is 1. The molecule has 1 N–H and O–H groups in total. The van der Waals surface area contributed by atoms with Crippen LogP contribution in [0, 0.1) is 5.92 Å². The average molecular weight is 399 g/mol. The number of carbonyl (C=O) groups is 2. The number of carbonyl (C=O) groups excluding carboxylic acids is 1. The van der Waals surface area contributed by atoms with Crippen LogP contribution >= 0.6 is 34.3 Å². The summed E-state index contributed by atoms with van der Waals surface area (Å²) in [5, 5.41) is 11.6. The van der Waals surface area contributed by atoms with Crippen LogP contribution in [0.1, 0.15) is 31.4 Å². The molecule has 1 amide bonds. The van der Waals surface area contributed by atoms with Gasteiger partial charge in [0.25, 0.3) is 0 Å². The van der Waals surface area contributed by atoms with E-state index in [1.54, 1.807) is 0 Å². The second-order valence-corrected chi connectivity index (χ2v) is 8.78. The molecule has 3 rings (SSSR count). The SMILES string of the molecule is O=C(O)CCC1CCCN(C(=O)Cc2csc(-c3ccc(Cl)s3)n2)C1. The lowest BCUT2D eigenvalue weighted by Gasteiger charge is -2.32. The molecule has 3 heterocycles. The molecule has 0 radical (unpaired) electrons. The third-order valence-corrected chi connectivity index (χ3v) is 6.60. The first-order valence-corrected chi connectivity index (χ1v) is 10.3. The summed E-state index contributed by atoms with van der Waals surface area (Å²) in [4.78, 5) is 30.7. The van der Waals surface area contributed by atoms with Gasteiger partial charge < -0.3 is 10.0 Å². The quantitative estimate of drug-likeness (QED) is 0.792. The number of nitrogens with zero attached hydrogens (tertiary/aromatic N) is 2. The van der Waals surface area contributed by atoms with Gasteiger partial charge in [-0.1, -0.05) is 11.6 Å². The van der Waals surface area contributed by atoms with Crippen molar-refractivity contribution in [1.82, 2.24) is 9.88 Å². The third-order valence-electron chi connectivity index (χ3n) is 4.31. The minimum absolute atomic E-state index is 0.0705. The highest BCUT2D eigenvalue weighted by Gasteiger charge is 2.24. The Morgan fingerprint density at radius 2 is 2.24 bits per heavy atom. The van der Waals surface area contributed by atoms with Gasteiger partial charge in [0, 0.05) is 24.9 Å². The Balaban J connectivity index is 1.56. The molecule has 0 aromatic carbocycles. The molecule has 1 unspecified atom stereocenters. The number of carboxylic acids is 1. The molecular formula is C17H19ClN2O3S2. The van der Waals surface area contributed by atoms with Crippen molar-refractivity contribution >= 4 is 46.2 Å². The van der Waals surface area contributed by atoms with Crippen LogP contribution in [0.15, 0.2) is 17.5 Å². The number of thiophene rings is 1. The first-order valence-electron chi connectivity index (χ1n) is 8.21. The van der Waals surface area contributed by atoms with E-state index in [9.17, 15) is 9.59 Å². The molecule has 0 aliphatic carbocycles. The predicted molar refractivity (Wildman–Crippen MR) is 100 cm³/mol. The summed E-state index contributed by atoms with van der Waals surface area (Å²) in [5.41, 5.74) is 0.780. The van der Waals surface area contributed by atoms with Gasteiger partial charge >= 0.3 is 5.97 Å². The number of aliphatic carboxylic acids is 1. The third kappa shape index (κ3) is 5.03. The van der Waals surface area contributed by atoms with Gasteiger partial charge in [-0.3, -0.25) is 9.59 Å². The Morgan fingerprint density at radius 1 is 1.40 bits per heavy atom. The normalized spacial score (nSPS) is 17.6. The lowest BCUT2D eigenvalue weighted by molar-refractivity contribution is -0.137. The van der Waals surface area contributed by atoms with E-state index in [1.807, 2.05) is 22.4 Å². The molecule has 0 bridgehead atoms. The molecule has 25 heavy (non-hydrogen) atoms. The van der Waals surface area contributed by atoms with Crippen LogP contribution in [0.4, 0.5) is 0 Å². The predicted octanol–water partition coefficient (Wildman–Crippen LogP) is 4.17. The summed E-state index contributed by atoms with van der Waals surface area (Å²) in [6.45, 7) is 1.41. The van der Waals surface area contributed by atoms with Gasteiger partial charge in [0.2, 0.25) is 5.91 Å². The molecule has 1 aliphatic heterocycles. The van der Waals surface area contributed by atoms with E-state index in [2.05, 4.69) is 4.98 Å².